The number of amides is 2. The molecule has 0 radical (unpaired) electrons. The van der Waals surface area contributed by atoms with Gasteiger partial charge in [-0.15, -0.1) is 0 Å². The van der Waals surface area contributed by atoms with Crippen molar-refractivity contribution >= 4 is 29.1 Å². The number of rotatable bonds is 6. The summed E-state index contributed by atoms with van der Waals surface area (Å²) in [6, 6.07) is 7.85. The molecule has 2 aromatic rings. The lowest BCUT2D eigenvalue weighted by Gasteiger charge is -2.13. The number of anilines is 1. The Morgan fingerprint density at radius 2 is 1.96 bits per heavy atom. The molecule has 1 aromatic carbocycles. The van der Waals surface area contributed by atoms with Crippen LogP contribution in [-0.2, 0) is 11.3 Å². The van der Waals surface area contributed by atoms with Crippen LogP contribution < -0.4 is 10.6 Å². The van der Waals surface area contributed by atoms with Gasteiger partial charge >= 0.3 is 0 Å². The van der Waals surface area contributed by atoms with Crippen LogP contribution in [-0.4, -0.2) is 25.0 Å². The van der Waals surface area contributed by atoms with Gasteiger partial charge < -0.3 is 19.8 Å². The van der Waals surface area contributed by atoms with Gasteiger partial charge in [-0.3, -0.25) is 9.59 Å². The van der Waals surface area contributed by atoms with Crippen LogP contribution in [0.5, 0.6) is 0 Å². The van der Waals surface area contributed by atoms with Gasteiger partial charge in [-0.1, -0.05) is 11.6 Å². The van der Waals surface area contributed by atoms with E-state index in [4.69, 9.17) is 20.8 Å². The molecule has 1 heterocycles. The fourth-order valence-corrected chi connectivity index (χ4v) is 2.23. The zero-order valence-electron chi connectivity index (χ0n) is 13.7. The third-order valence-electron chi connectivity index (χ3n) is 3.07. The molecule has 0 saturated carbocycles. The van der Waals surface area contributed by atoms with E-state index >= 15 is 0 Å². The predicted octanol–water partition coefficient (Wildman–Crippen LogP) is 3.47. The summed E-state index contributed by atoms with van der Waals surface area (Å²) in [5, 5.41) is 5.85. The standard InChI is InChI=1S/C17H19ClN2O4/c1-10(2)19-16(21)13-6-4-11(18)8-14(13)20-17(22)15-7-5-12(24-15)9-23-3/h4-8,10H,9H2,1-3H3,(H,19,21)(H,20,22). The number of carbonyl (C=O) groups is 2. The summed E-state index contributed by atoms with van der Waals surface area (Å²) in [4.78, 5) is 24.6. The number of carbonyl (C=O) groups excluding carboxylic acids is 2. The van der Waals surface area contributed by atoms with Crippen molar-refractivity contribution in [2.24, 2.45) is 0 Å². The molecule has 0 spiro atoms. The highest BCUT2D eigenvalue weighted by atomic mass is 35.5. The molecule has 6 nitrogen and oxygen atoms in total. The molecule has 1 aromatic heterocycles. The Balaban J connectivity index is 2.22. The maximum Gasteiger partial charge on any atom is 0.291 e. The maximum atomic E-state index is 12.3. The Hall–Kier alpha value is -2.31. The number of nitrogens with one attached hydrogen (secondary N) is 2. The molecule has 0 saturated heterocycles. The molecule has 0 aliphatic carbocycles. The minimum Gasteiger partial charge on any atom is -0.453 e. The fourth-order valence-electron chi connectivity index (χ4n) is 2.06. The van der Waals surface area contributed by atoms with Crippen LogP contribution in [0, 0.1) is 0 Å². The summed E-state index contributed by atoms with van der Waals surface area (Å²) in [6.07, 6.45) is 0. The molecule has 2 amide bonds. The molecule has 128 valence electrons. The Morgan fingerprint density at radius 3 is 2.62 bits per heavy atom. The lowest BCUT2D eigenvalue weighted by atomic mass is 10.1. The van der Waals surface area contributed by atoms with Gasteiger partial charge in [0.15, 0.2) is 5.76 Å². The smallest absolute Gasteiger partial charge is 0.291 e. The van der Waals surface area contributed by atoms with Crippen LogP contribution in [0.3, 0.4) is 0 Å². The molecule has 0 fully saturated rings. The van der Waals surface area contributed by atoms with Gasteiger partial charge in [0.25, 0.3) is 11.8 Å². The fraction of sp³-hybridized carbons (Fsp3) is 0.294. The molecule has 0 unspecified atom stereocenters. The highest BCUT2D eigenvalue weighted by Gasteiger charge is 2.17. The van der Waals surface area contributed by atoms with Gasteiger partial charge in [0.05, 0.1) is 11.3 Å². The van der Waals surface area contributed by atoms with Gasteiger partial charge in [-0.25, -0.2) is 0 Å². The van der Waals surface area contributed by atoms with Crippen molar-refractivity contribution in [2.75, 3.05) is 12.4 Å². The van der Waals surface area contributed by atoms with E-state index in [0.29, 0.717) is 22.0 Å². The van der Waals surface area contributed by atoms with Crippen molar-refractivity contribution < 1.29 is 18.7 Å². The third kappa shape index (κ3) is 4.59. The summed E-state index contributed by atoms with van der Waals surface area (Å²) in [5.41, 5.74) is 0.639. The zero-order valence-corrected chi connectivity index (χ0v) is 14.4. The molecule has 24 heavy (non-hydrogen) atoms. The first-order valence-electron chi connectivity index (χ1n) is 7.40. The van der Waals surface area contributed by atoms with Crippen LogP contribution in [0.25, 0.3) is 0 Å². The van der Waals surface area contributed by atoms with E-state index in [-0.39, 0.29) is 24.3 Å². The van der Waals surface area contributed by atoms with Gasteiger partial charge in [-0.05, 0) is 44.2 Å². The van der Waals surface area contributed by atoms with E-state index in [9.17, 15) is 9.59 Å². The SMILES string of the molecule is COCc1ccc(C(=O)Nc2cc(Cl)ccc2C(=O)NC(C)C)o1. The van der Waals surface area contributed by atoms with E-state index in [1.54, 1.807) is 24.3 Å². The van der Waals surface area contributed by atoms with Crippen molar-refractivity contribution in [3.63, 3.8) is 0 Å². The van der Waals surface area contributed by atoms with E-state index in [1.165, 1.54) is 13.2 Å². The van der Waals surface area contributed by atoms with Crippen molar-refractivity contribution in [1.82, 2.24) is 5.32 Å². The van der Waals surface area contributed by atoms with Crippen LogP contribution in [0.1, 0.15) is 40.5 Å². The maximum absolute atomic E-state index is 12.3. The summed E-state index contributed by atoms with van der Waals surface area (Å²) in [6.45, 7) is 3.98. The van der Waals surface area contributed by atoms with Gasteiger partial charge in [0.2, 0.25) is 0 Å². The Kier molecular flexibility index (Phi) is 6.00. The molecule has 2 N–H and O–H groups in total. The number of furan rings is 1. The lowest BCUT2D eigenvalue weighted by Crippen LogP contribution is -2.31. The second-order valence-electron chi connectivity index (χ2n) is 5.47. The van der Waals surface area contributed by atoms with Crippen LogP contribution in [0.2, 0.25) is 5.02 Å². The van der Waals surface area contributed by atoms with E-state index in [2.05, 4.69) is 10.6 Å². The van der Waals surface area contributed by atoms with Crippen molar-refractivity contribution in [2.45, 2.75) is 26.5 Å². The van der Waals surface area contributed by atoms with Crippen LogP contribution in [0.4, 0.5) is 5.69 Å². The van der Waals surface area contributed by atoms with Crippen LogP contribution in [0.15, 0.2) is 34.7 Å². The molecule has 2 rings (SSSR count). The zero-order chi connectivity index (χ0) is 17.7. The van der Waals surface area contributed by atoms with Gasteiger partial charge in [-0.2, -0.15) is 0 Å². The Labute approximate surface area is 145 Å². The lowest BCUT2D eigenvalue weighted by molar-refractivity contribution is 0.0944. The molecule has 0 aliphatic heterocycles. The monoisotopic (exact) mass is 350 g/mol. The number of methoxy groups -OCH3 is 1. The molecule has 7 heteroatoms. The Bertz CT molecular complexity index is 740. The second-order valence-corrected chi connectivity index (χ2v) is 5.91. The largest absolute Gasteiger partial charge is 0.453 e. The summed E-state index contributed by atoms with van der Waals surface area (Å²) >= 11 is 5.98. The van der Waals surface area contributed by atoms with Crippen molar-refractivity contribution in [3.8, 4) is 0 Å². The summed E-state index contributed by atoms with van der Waals surface area (Å²) in [5.74, 6) is -0.113. The van der Waals surface area contributed by atoms with Gasteiger partial charge in [0, 0.05) is 18.2 Å². The number of halogens is 1. The third-order valence-corrected chi connectivity index (χ3v) is 3.30. The summed E-state index contributed by atoms with van der Waals surface area (Å²) < 4.78 is 10.3. The molecule has 0 atom stereocenters. The van der Waals surface area contributed by atoms with Crippen molar-refractivity contribution in [3.05, 3.63) is 52.4 Å². The first-order valence-corrected chi connectivity index (χ1v) is 7.78. The average Bonchev–Trinajstić information content (AvgIpc) is 2.95. The molecule has 0 bridgehead atoms. The number of benzene rings is 1. The molecular weight excluding hydrogens is 332 g/mol. The predicted molar refractivity (Wildman–Crippen MR) is 91.4 cm³/mol. The Morgan fingerprint density at radius 1 is 1.21 bits per heavy atom. The summed E-state index contributed by atoms with van der Waals surface area (Å²) in [7, 11) is 1.54. The first-order chi connectivity index (χ1) is 11.4. The van der Waals surface area contributed by atoms with Gasteiger partial charge in [0.1, 0.15) is 12.4 Å². The van der Waals surface area contributed by atoms with E-state index in [1.807, 2.05) is 13.8 Å². The first kappa shape index (κ1) is 18.0. The number of ether oxygens (including phenoxy) is 1. The second kappa shape index (κ2) is 7.99. The molecular formula is C17H19ClN2O4. The molecule has 0 aliphatic rings. The number of hydrogen-bond acceptors (Lipinski definition) is 4. The van der Waals surface area contributed by atoms with Crippen molar-refractivity contribution in [1.29, 1.82) is 0 Å². The van der Waals surface area contributed by atoms with E-state index in [0.717, 1.165) is 0 Å². The minimum atomic E-state index is -0.474. The topological polar surface area (TPSA) is 80.6 Å². The minimum absolute atomic E-state index is 0.0293. The highest BCUT2D eigenvalue weighted by molar-refractivity contribution is 6.31. The van der Waals surface area contributed by atoms with Crippen LogP contribution >= 0.6 is 11.6 Å². The highest BCUT2D eigenvalue weighted by Crippen LogP contribution is 2.22. The van der Waals surface area contributed by atoms with E-state index < -0.39 is 5.91 Å². The average molecular weight is 351 g/mol. The normalized spacial score (nSPS) is 10.7. The quantitative estimate of drug-likeness (QED) is 0.835. The number of hydrogen-bond donors (Lipinski definition) is 2.